The Labute approximate surface area is 173 Å². The summed E-state index contributed by atoms with van der Waals surface area (Å²) in [5, 5.41) is -0.137. The van der Waals surface area contributed by atoms with Gasteiger partial charge in [-0.2, -0.15) is 0 Å². The lowest BCUT2D eigenvalue weighted by molar-refractivity contribution is -0.144. The lowest BCUT2D eigenvalue weighted by atomic mass is 10.2. The van der Waals surface area contributed by atoms with Gasteiger partial charge in [-0.05, 0) is 31.2 Å². The molecule has 5 nitrogen and oxygen atoms in total. The number of esters is 1. The summed E-state index contributed by atoms with van der Waals surface area (Å²) < 4.78 is 33.0. The third-order valence-electron chi connectivity index (χ3n) is 4.41. The Hall–Kier alpha value is -2.52. The maximum Gasteiger partial charge on any atom is 0.307 e. The second-order valence-corrected chi connectivity index (χ2v) is 8.68. The number of halogens is 2. The van der Waals surface area contributed by atoms with Gasteiger partial charge in [0.1, 0.15) is 10.5 Å². The SMILES string of the molecule is CCOC(=O)CC1Sc2ccccc2N(Cc2nc3c(F)c(F)ccc3s2)C1=O. The molecular formula is C20H16F2N2O3S2. The van der Waals surface area contributed by atoms with Crippen LogP contribution in [0, 0.1) is 11.6 Å². The minimum Gasteiger partial charge on any atom is -0.466 e. The summed E-state index contributed by atoms with van der Waals surface area (Å²) in [6, 6.07) is 9.91. The van der Waals surface area contributed by atoms with E-state index >= 15 is 0 Å². The van der Waals surface area contributed by atoms with Crippen LogP contribution in [0.1, 0.15) is 18.4 Å². The van der Waals surface area contributed by atoms with E-state index in [0.717, 1.165) is 11.0 Å². The summed E-state index contributed by atoms with van der Waals surface area (Å²) in [4.78, 5) is 31.6. The Morgan fingerprint density at radius 1 is 1.24 bits per heavy atom. The van der Waals surface area contributed by atoms with Crippen molar-refractivity contribution in [2.75, 3.05) is 11.5 Å². The van der Waals surface area contributed by atoms with Crippen molar-refractivity contribution in [1.29, 1.82) is 0 Å². The second-order valence-electron chi connectivity index (χ2n) is 6.32. The van der Waals surface area contributed by atoms with Crippen LogP contribution < -0.4 is 4.90 Å². The Bertz CT molecular complexity index is 1100. The second kappa shape index (κ2) is 8.08. The molecule has 2 heterocycles. The highest BCUT2D eigenvalue weighted by Crippen LogP contribution is 2.41. The van der Waals surface area contributed by atoms with E-state index in [9.17, 15) is 18.4 Å². The summed E-state index contributed by atoms with van der Waals surface area (Å²) >= 11 is 2.53. The number of amides is 1. The fourth-order valence-electron chi connectivity index (χ4n) is 3.13. The Morgan fingerprint density at radius 3 is 2.83 bits per heavy atom. The molecule has 1 unspecified atom stereocenters. The van der Waals surface area contributed by atoms with Gasteiger partial charge in [0.25, 0.3) is 0 Å². The van der Waals surface area contributed by atoms with Crippen LogP contribution in [0.3, 0.4) is 0 Å². The summed E-state index contributed by atoms with van der Waals surface area (Å²) in [7, 11) is 0. The Morgan fingerprint density at radius 2 is 2.03 bits per heavy atom. The van der Waals surface area contributed by atoms with Crippen molar-refractivity contribution in [3.63, 3.8) is 0 Å². The first kappa shape index (κ1) is 19.8. The molecule has 0 saturated carbocycles. The number of rotatable bonds is 5. The Kier molecular flexibility index (Phi) is 5.51. The van der Waals surface area contributed by atoms with Gasteiger partial charge in [0.15, 0.2) is 11.6 Å². The molecule has 1 amide bonds. The fraction of sp³-hybridized carbons (Fsp3) is 0.250. The molecule has 0 N–H and O–H groups in total. The van der Waals surface area contributed by atoms with Crippen molar-refractivity contribution >= 4 is 50.9 Å². The van der Waals surface area contributed by atoms with E-state index in [-0.39, 0.29) is 31.0 Å². The van der Waals surface area contributed by atoms with Crippen molar-refractivity contribution in [3.8, 4) is 0 Å². The van der Waals surface area contributed by atoms with Crippen molar-refractivity contribution < 1.29 is 23.1 Å². The first-order valence-corrected chi connectivity index (χ1v) is 10.6. The molecule has 3 aromatic rings. The summed E-state index contributed by atoms with van der Waals surface area (Å²) in [5.74, 6) is -2.63. The molecule has 0 radical (unpaired) electrons. The molecule has 4 rings (SSSR count). The number of thioether (sulfide) groups is 1. The van der Waals surface area contributed by atoms with Crippen molar-refractivity contribution in [1.82, 2.24) is 4.98 Å². The number of carbonyl (C=O) groups is 2. The zero-order valence-corrected chi connectivity index (χ0v) is 17.0. The number of benzene rings is 2. The van der Waals surface area contributed by atoms with Crippen LogP contribution in [-0.2, 0) is 20.9 Å². The standard InChI is InChI=1S/C20H16F2N2O3S2/c1-2-27-17(25)9-15-20(26)24(12-5-3-4-6-13(12)28-15)10-16-23-19-14(29-16)8-7-11(21)18(19)22/h3-8,15H,2,9-10H2,1H3. The van der Waals surface area contributed by atoms with Crippen molar-refractivity contribution in [2.24, 2.45) is 0 Å². The van der Waals surface area contributed by atoms with E-state index in [1.54, 1.807) is 11.8 Å². The van der Waals surface area contributed by atoms with E-state index in [2.05, 4.69) is 4.98 Å². The number of hydrogen-bond donors (Lipinski definition) is 0. The highest BCUT2D eigenvalue weighted by atomic mass is 32.2. The molecule has 0 fully saturated rings. The van der Waals surface area contributed by atoms with Gasteiger partial charge in [-0.1, -0.05) is 12.1 Å². The predicted octanol–water partition coefficient (Wildman–Crippen LogP) is 4.54. The minimum atomic E-state index is -0.994. The van der Waals surface area contributed by atoms with Gasteiger partial charge in [-0.3, -0.25) is 9.59 Å². The molecule has 9 heteroatoms. The van der Waals surface area contributed by atoms with Crippen molar-refractivity contribution in [2.45, 2.75) is 30.0 Å². The van der Waals surface area contributed by atoms with Gasteiger partial charge >= 0.3 is 5.97 Å². The first-order valence-electron chi connectivity index (χ1n) is 8.94. The highest BCUT2D eigenvalue weighted by Gasteiger charge is 2.35. The number of anilines is 1. The average Bonchev–Trinajstić information content (AvgIpc) is 3.12. The number of thiazole rings is 1. The fourth-order valence-corrected chi connectivity index (χ4v) is 5.29. The van der Waals surface area contributed by atoms with Gasteiger partial charge in [0.05, 0.1) is 35.2 Å². The molecule has 1 atom stereocenters. The molecular weight excluding hydrogens is 418 g/mol. The average molecular weight is 434 g/mol. The van der Waals surface area contributed by atoms with Crippen LogP contribution in [0.15, 0.2) is 41.3 Å². The van der Waals surface area contributed by atoms with E-state index in [1.165, 1.54) is 29.2 Å². The zero-order chi connectivity index (χ0) is 20.5. The molecule has 29 heavy (non-hydrogen) atoms. The number of hydrogen-bond acceptors (Lipinski definition) is 6. The van der Waals surface area contributed by atoms with Crippen LogP contribution in [0.4, 0.5) is 14.5 Å². The molecule has 1 aliphatic heterocycles. The summed E-state index contributed by atoms with van der Waals surface area (Å²) in [6.07, 6.45) is -0.0398. The summed E-state index contributed by atoms with van der Waals surface area (Å²) in [5.41, 5.74) is 0.661. The van der Waals surface area contributed by atoms with Gasteiger partial charge in [0, 0.05) is 4.90 Å². The Balaban J connectivity index is 1.67. The lowest BCUT2D eigenvalue weighted by Crippen LogP contribution is -2.41. The van der Waals surface area contributed by atoms with Gasteiger partial charge in [-0.25, -0.2) is 13.8 Å². The topological polar surface area (TPSA) is 59.5 Å². The molecule has 2 aromatic carbocycles. The lowest BCUT2D eigenvalue weighted by Gasteiger charge is -2.32. The van der Waals surface area contributed by atoms with Crippen LogP contribution in [-0.4, -0.2) is 28.7 Å². The highest BCUT2D eigenvalue weighted by molar-refractivity contribution is 8.01. The van der Waals surface area contributed by atoms with E-state index in [0.29, 0.717) is 15.4 Å². The molecule has 0 saturated heterocycles. The smallest absolute Gasteiger partial charge is 0.307 e. The van der Waals surface area contributed by atoms with Crippen LogP contribution in [0.2, 0.25) is 0 Å². The number of carbonyl (C=O) groups excluding carboxylic acids is 2. The molecule has 0 spiro atoms. The van der Waals surface area contributed by atoms with Crippen molar-refractivity contribution in [3.05, 3.63) is 53.0 Å². The first-order chi connectivity index (χ1) is 14.0. The van der Waals surface area contributed by atoms with Gasteiger partial charge in [0.2, 0.25) is 5.91 Å². The number of aromatic nitrogens is 1. The van der Waals surface area contributed by atoms with Gasteiger partial charge in [-0.15, -0.1) is 23.1 Å². The normalized spacial score (nSPS) is 16.2. The van der Waals surface area contributed by atoms with Crippen LogP contribution in [0.25, 0.3) is 10.2 Å². The zero-order valence-electron chi connectivity index (χ0n) is 15.4. The molecule has 1 aromatic heterocycles. The maximum absolute atomic E-state index is 14.0. The monoisotopic (exact) mass is 434 g/mol. The minimum absolute atomic E-state index is 0.0398. The maximum atomic E-state index is 14.0. The number of nitrogens with zero attached hydrogens (tertiary/aromatic N) is 2. The molecule has 0 aliphatic carbocycles. The van der Waals surface area contributed by atoms with Gasteiger partial charge < -0.3 is 9.64 Å². The quantitative estimate of drug-likeness (QED) is 0.552. The van der Waals surface area contributed by atoms with E-state index in [4.69, 9.17) is 4.74 Å². The number of fused-ring (bicyclic) bond motifs is 2. The third-order valence-corrected chi connectivity index (χ3v) is 6.67. The van der Waals surface area contributed by atoms with E-state index in [1.807, 2.05) is 24.3 Å². The molecule has 0 bridgehead atoms. The summed E-state index contributed by atoms with van der Waals surface area (Å²) in [6.45, 7) is 2.07. The largest absolute Gasteiger partial charge is 0.466 e. The molecule has 1 aliphatic rings. The van der Waals surface area contributed by atoms with Crippen LogP contribution >= 0.6 is 23.1 Å². The van der Waals surface area contributed by atoms with E-state index < -0.39 is 22.9 Å². The van der Waals surface area contributed by atoms with Crippen LogP contribution in [0.5, 0.6) is 0 Å². The predicted molar refractivity (Wildman–Crippen MR) is 108 cm³/mol. The third kappa shape index (κ3) is 3.84. The number of ether oxygens (including phenoxy) is 1. The number of para-hydroxylation sites is 1. The molecule has 150 valence electrons.